The number of hydrogen-bond acceptors (Lipinski definition) is 8. The molecule has 4 aromatic rings. The van der Waals surface area contributed by atoms with Gasteiger partial charge in [0.05, 0.1) is 11.6 Å². The van der Waals surface area contributed by atoms with E-state index in [1.165, 1.54) is 24.4 Å². The lowest BCUT2D eigenvalue weighted by Gasteiger charge is -2.08. The summed E-state index contributed by atoms with van der Waals surface area (Å²) in [6.45, 7) is 1.60. The number of aliphatic hydroxyl groups is 1. The van der Waals surface area contributed by atoms with Gasteiger partial charge in [0.2, 0.25) is 5.13 Å². The molecule has 1 aromatic carbocycles. The van der Waals surface area contributed by atoms with Crippen molar-refractivity contribution in [1.82, 2.24) is 20.2 Å². The van der Waals surface area contributed by atoms with Crippen molar-refractivity contribution < 1.29 is 14.3 Å². The van der Waals surface area contributed by atoms with Gasteiger partial charge in [0.15, 0.2) is 6.29 Å². The molecule has 10 heteroatoms. The molecule has 0 saturated carbocycles. The van der Waals surface area contributed by atoms with Crippen LogP contribution in [-0.2, 0) is 19.4 Å². The summed E-state index contributed by atoms with van der Waals surface area (Å²) in [5, 5.41) is 22.6. The van der Waals surface area contributed by atoms with Gasteiger partial charge in [-0.3, -0.25) is 14.8 Å². The molecule has 34 heavy (non-hydrogen) atoms. The van der Waals surface area contributed by atoms with Gasteiger partial charge in [-0.1, -0.05) is 29.0 Å². The number of hydrogen-bond donors (Lipinski definition) is 2. The van der Waals surface area contributed by atoms with E-state index in [-0.39, 0.29) is 6.61 Å². The molecule has 0 aliphatic carbocycles. The van der Waals surface area contributed by atoms with E-state index >= 15 is 0 Å². The largest absolute Gasteiger partial charge is 0.392 e. The Balaban J connectivity index is 0.000000192. The zero-order valence-corrected chi connectivity index (χ0v) is 20.2. The number of anilines is 1. The number of carbonyl (C=O) groups excluding carboxylic acids is 1. The summed E-state index contributed by atoms with van der Waals surface area (Å²) in [6.07, 6.45) is 5.44. The minimum absolute atomic E-state index is 0.173. The summed E-state index contributed by atoms with van der Waals surface area (Å²) in [7, 11) is 1.84. The van der Waals surface area contributed by atoms with Crippen molar-refractivity contribution in [2.45, 2.75) is 26.4 Å². The van der Waals surface area contributed by atoms with Crippen LogP contribution < -0.4 is 5.32 Å². The van der Waals surface area contributed by atoms with Crippen LogP contribution in [0.2, 0.25) is 5.02 Å². The number of aryl methyl sites for hydroxylation is 3. The maximum atomic E-state index is 13.8. The quantitative estimate of drug-likeness (QED) is 0.348. The summed E-state index contributed by atoms with van der Waals surface area (Å²) >= 11 is 7.33. The molecule has 3 heterocycles. The minimum Gasteiger partial charge on any atom is -0.392 e. The predicted octanol–water partition coefficient (Wildman–Crippen LogP) is 4.91. The highest BCUT2D eigenvalue weighted by Gasteiger charge is 2.11. The van der Waals surface area contributed by atoms with Gasteiger partial charge in [0, 0.05) is 48.4 Å². The van der Waals surface area contributed by atoms with E-state index in [4.69, 9.17) is 16.7 Å². The van der Waals surface area contributed by atoms with Gasteiger partial charge in [0.1, 0.15) is 10.8 Å². The van der Waals surface area contributed by atoms with Crippen LogP contribution in [0.3, 0.4) is 0 Å². The fourth-order valence-corrected chi connectivity index (χ4v) is 3.82. The lowest BCUT2D eigenvalue weighted by Crippen LogP contribution is -1.95. The van der Waals surface area contributed by atoms with E-state index in [9.17, 15) is 9.18 Å². The highest BCUT2D eigenvalue weighted by Crippen LogP contribution is 2.27. The molecule has 0 fully saturated rings. The SMILES string of the molecule is CNc1nnc(CCc2ccc(Cl)cn2)s1.Cc1cc(-c2cc(CO)ccc2F)c(C=O)cn1. The fraction of sp³-hybridized carbons (Fsp3) is 0.208. The number of nitrogens with one attached hydrogen (secondary N) is 1. The van der Waals surface area contributed by atoms with Gasteiger partial charge in [0.25, 0.3) is 0 Å². The maximum absolute atomic E-state index is 13.8. The Morgan fingerprint density at radius 1 is 1.09 bits per heavy atom. The molecule has 2 N–H and O–H groups in total. The molecule has 0 aliphatic rings. The molecule has 0 spiro atoms. The number of carbonyl (C=O) groups is 1. The molecule has 3 aromatic heterocycles. The average Bonchev–Trinajstić information content (AvgIpc) is 3.33. The average molecular weight is 500 g/mol. The van der Waals surface area contributed by atoms with E-state index in [0.29, 0.717) is 39.3 Å². The number of nitrogens with zero attached hydrogens (tertiary/aromatic N) is 4. The van der Waals surface area contributed by atoms with Gasteiger partial charge in [-0.15, -0.1) is 10.2 Å². The van der Waals surface area contributed by atoms with Crippen LogP contribution in [-0.4, -0.2) is 38.6 Å². The second kappa shape index (κ2) is 12.3. The van der Waals surface area contributed by atoms with Gasteiger partial charge in [-0.2, -0.15) is 0 Å². The summed E-state index contributed by atoms with van der Waals surface area (Å²) in [5.41, 5.74) is 3.43. The van der Waals surface area contributed by atoms with Crippen LogP contribution in [0.25, 0.3) is 11.1 Å². The van der Waals surface area contributed by atoms with Crippen molar-refractivity contribution in [1.29, 1.82) is 0 Å². The van der Waals surface area contributed by atoms with Crippen molar-refractivity contribution in [2.24, 2.45) is 0 Å². The standard InChI is InChI=1S/C14H12FNO2.C10H11ClN4S/c1-9-4-12(11(8-18)6-16-9)13-5-10(7-17)2-3-14(13)15;1-12-10-15-14-9(16-10)5-4-8-3-2-7(11)6-13-8/h2-6,8,17H,7H2,1H3;2-3,6H,4-5H2,1H3,(H,12,15). The third kappa shape index (κ3) is 6.86. The van der Waals surface area contributed by atoms with Crippen LogP contribution in [0.1, 0.15) is 32.3 Å². The first-order valence-corrected chi connectivity index (χ1v) is 11.5. The number of halogens is 2. The topological polar surface area (TPSA) is 101 Å². The lowest BCUT2D eigenvalue weighted by atomic mass is 9.99. The maximum Gasteiger partial charge on any atom is 0.205 e. The summed E-state index contributed by atoms with van der Waals surface area (Å²) < 4.78 is 13.8. The third-order valence-corrected chi connectivity index (χ3v) is 5.99. The first kappa shape index (κ1) is 25.4. The molecule has 0 atom stereocenters. The highest BCUT2D eigenvalue weighted by atomic mass is 35.5. The van der Waals surface area contributed by atoms with Crippen LogP contribution >= 0.6 is 22.9 Å². The normalized spacial score (nSPS) is 10.4. The number of rotatable bonds is 7. The van der Waals surface area contributed by atoms with Crippen molar-refractivity contribution in [3.05, 3.63) is 87.2 Å². The minimum atomic E-state index is -0.430. The first-order valence-electron chi connectivity index (χ1n) is 10.4. The molecular weight excluding hydrogens is 477 g/mol. The number of aldehydes is 1. The number of benzene rings is 1. The second-order valence-electron chi connectivity index (χ2n) is 7.22. The molecule has 176 valence electrons. The lowest BCUT2D eigenvalue weighted by molar-refractivity contribution is 0.112. The second-order valence-corrected chi connectivity index (χ2v) is 8.72. The van der Waals surface area contributed by atoms with Crippen LogP contribution in [0.5, 0.6) is 0 Å². The van der Waals surface area contributed by atoms with Gasteiger partial charge in [-0.05, 0) is 54.8 Å². The van der Waals surface area contributed by atoms with Gasteiger partial charge < -0.3 is 10.4 Å². The molecule has 0 aliphatic heterocycles. The molecule has 7 nitrogen and oxygen atoms in total. The fourth-order valence-electron chi connectivity index (χ4n) is 3.02. The van der Waals surface area contributed by atoms with E-state index < -0.39 is 5.82 Å². The Hall–Kier alpha value is -3.27. The zero-order valence-electron chi connectivity index (χ0n) is 18.6. The van der Waals surface area contributed by atoms with Crippen molar-refractivity contribution in [2.75, 3.05) is 12.4 Å². The van der Waals surface area contributed by atoms with E-state index in [1.807, 2.05) is 19.2 Å². The van der Waals surface area contributed by atoms with Crippen molar-refractivity contribution in [3.8, 4) is 11.1 Å². The van der Waals surface area contributed by atoms with E-state index in [0.717, 1.165) is 28.7 Å². The van der Waals surface area contributed by atoms with Crippen molar-refractivity contribution >= 4 is 34.4 Å². The predicted molar refractivity (Wildman–Crippen MR) is 132 cm³/mol. The molecule has 0 bridgehead atoms. The Morgan fingerprint density at radius 3 is 2.56 bits per heavy atom. The number of aromatic nitrogens is 4. The van der Waals surface area contributed by atoms with Gasteiger partial charge >= 0.3 is 0 Å². The van der Waals surface area contributed by atoms with Gasteiger partial charge in [-0.25, -0.2) is 4.39 Å². The molecule has 0 unspecified atom stereocenters. The zero-order chi connectivity index (χ0) is 24.5. The molecule has 0 amide bonds. The van der Waals surface area contributed by atoms with E-state index in [2.05, 4.69) is 25.5 Å². The molecule has 0 radical (unpaired) electrons. The third-order valence-electron chi connectivity index (χ3n) is 4.77. The molecular formula is C24H23ClFN5O2S. The van der Waals surface area contributed by atoms with Crippen molar-refractivity contribution in [3.63, 3.8) is 0 Å². The van der Waals surface area contributed by atoms with Crippen LogP contribution in [0, 0.1) is 12.7 Å². The Labute approximate surface area is 205 Å². The summed E-state index contributed by atoms with van der Waals surface area (Å²) in [5.74, 6) is -0.430. The van der Waals surface area contributed by atoms with Crippen LogP contribution in [0.15, 0.2) is 48.8 Å². The first-order chi connectivity index (χ1) is 16.4. The number of pyridine rings is 2. The highest BCUT2D eigenvalue weighted by molar-refractivity contribution is 7.15. The van der Waals surface area contributed by atoms with E-state index in [1.54, 1.807) is 30.5 Å². The Kier molecular flexibility index (Phi) is 9.15. The Morgan fingerprint density at radius 2 is 1.91 bits per heavy atom. The summed E-state index contributed by atoms with van der Waals surface area (Å²) in [4.78, 5) is 19.2. The molecule has 4 rings (SSSR count). The Bertz CT molecular complexity index is 1250. The molecule has 0 saturated heterocycles. The summed E-state index contributed by atoms with van der Waals surface area (Å²) in [6, 6.07) is 9.77. The monoisotopic (exact) mass is 499 g/mol. The smallest absolute Gasteiger partial charge is 0.205 e. The van der Waals surface area contributed by atoms with Crippen LogP contribution in [0.4, 0.5) is 9.52 Å². The number of aliphatic hydroxyl groups excluding tert-OH is 1.